The molecule has 2 unspecified atom stereocenters. The molecule has 1 aromatic rings. The Kier molecular flexibility index (Phi) is 3.92. The molecule has 17 heavy (non-hydrogen) atoms. The number of furan rings is 1. The average molecular weight is 300 g/mol. The number of hydrogen-bond acceptors (Lipinski definition) is 2. The molecule has 94 valence electrons. The Hall–Kier alpha value is -0.770. The van der Waals surface area contributed by atoms with Crippen LogP contribution in [-0.4, -0.2) is 28.7 Å². The van der Waals surface area contributed by atoms with Gasteiger partial charge in [-0.05, 0) is 24.5 Å². The standard InChI is InChI=1S/C13H18BrNO2/c1-3-10-4-5-12(17-10)13(16)15-7-6-9(2)11(15)8-14/h4-5,9,11H,3,6-8H2,1-2H3. The van der Waals surface area contributed by atoms with Gasteiger partial charge in [-0.15, -0.1) is 0 Å². The van der Waals surface area contributed by atoms with E-state index in [1.807, 2.05) is 17.9 Å². The first-order valence-electron chi connectivity index (χ1n) is 6.13. The van der Waals surface area contributed by atoms with E-state index in [-0.39, 0.29) is 11.9 Å². The van der Waals surface area contributed by atoms with Gasteiger partial charge in [0.05, 0.1) is 0 Å². The molecule has 0 aromatic carbocycles. The lowest BCUT2D eigenvalue weighted by molar-refractivity contribution is 0.0704. The van der Waals surface area contributed by atoms with Crippen molar-refractivity contribution in [2.75, 3.05) is 11.9 Å². The number of nitrogens with zero attached hydrogens (tertiary/aromatic N) is 1. The zero-order valence-electron chi connectivity index (χ0n) is 10.3. The van der Waals surface area contributed by atoms with E-state index < -0.39 is 0 Å². The summed E-state index contributed by atoms with van der Waals surface area (Å²) < 4.78 is 5.53. The van der Waals surface area contributed by atoms with Crippen LogP contribution in [0.25, 0.3) is 0 Å². The van der Waals surface area contributed by atoms with Gasteiger partial charge in [0, 0.05) is 24.3 Å². The number of likely N-dealkylation sites (tertiary alicyclic amines) is 1. The van der Waals surface area contributed by atoms with Crippen molar-refractivity contribution in [2.45, 2.75) is 32.7 Å². The summed E-state index contributed by atoms with van der Waals surface area (Å²) in [7, 11) is 0. The van der Waals surface area contributed by atoms with Gasteiger partial charge in [-0.3, -0.25) is 4.79 Å². The third kappa shape index (κ3) is 2.41. The first kappa shape index (κ1) is 12.7. The van der Waals surface area contributed by atoms with Gasteiger partial charge in [-0.2, -0.15) is 0 Å². The quantitative estimate of drug-likeness (QED) is 0.804. The molecule has 0 saturated carbocycles. The number of aryl methyl sites for hydroxylation is 1. The van der Waals surface area contributed by atoms with Crippen molar-refractivity contribution in [2.24, 2.45) is 5.92 Å². The minimum absolute atomic E-state index is 0.0264. The Balaban J connectivity index is 2.14. The van der Waals surface area contributed by atoms with Crippen LogP contribution in [0.3, 0.4) is 0 Å². The molecular formula is C13H18BrNO2. The molecule has 0 bridgehead atoms. The van der Waals surface area contributed by atoms with Crippen LogP contribution in [0.1, 0.15) is 36.6 Å². The van der Waals surface area contributed by atoms with Gasteiger partial charge in [0.15, 0.2) is 5.76 Å². The van der Waals surface area contributed by atoms with Gasteiger partial charge < -0.3 is 9.32 Å². The number of rotatable bonds is 3. The van der Waals surface area contributed by atoms with Gasteiger partial charge in [-0.25, -0.2) is 0 Å². The zero-order chi connectivity index (χ0) is 12.4. The van der Waals surface area contributed by atoms with Crippen LogP contribution in [0.5, 0.6) is 0 Å². The summed E-state index contributed by atoms with van der Waals surface area (Å²) in [6.45, 7) is 5.05. The van der Waals surface area contributed by atoms with Crippen LogP contribution >= 0.6 is 15.9 Å². The van der Waals surface area contributed by atoms with Crippen molar-refractivity contribution in [3.8, 4) is 0 Å². The first-order chi connectivity index (χ1) is 8.17. The zero-order valence-corrected chi connectivity index (χ0v) is 11.9. The third-order valence-electron chi connectivity index (χ3n) is 3.52. The average Bonchev–Trinajstić information content (AvgIpc) is 2.94. The molecule has 0 spiro atoms. The maximum Gasteiger partial charge on any atom is 0.289 e. The molecular weight excluding hydrogens is 282 g/mol. The maximum atomic E-state index is 12.3. The summed E-state index contributed by atoms with van der Waals surface area (Å²) in [5.74, 6) is 1.93. The fourth-order valence-electron chi connectivity index (χ4n) is 2.32. The first-order valence-corrected chi connectivity index (χ1v) is 7.25. The summed E-state index contributed by atoms with van der Waals surface area (Å²) in [5.41, 5.74) is 0. The lowest BCUT2D eigenvalue weighted by Gasteiger charge is -2.24. The monoisotopic (exact) mass is 299 g/mol. The molecule has 1 amide bonds. The second-order valence-electron chi connectivity index (χ2n) is 4.61. The number of alkyl halides is 1. The number of carbonyl (C=O) groups is 1. The van der Waals surface area contributed by atoms with E-state index in [2.05, 4.69) is 22.9 Å². The molecule has 2 rings (SSSR count). The SMILES string of the molecule is CCc1ccc(C(=O)N2CCC(C)C2CBr)o1. The Bertz CT molecular complexity index is 402. The van der Waals surface area contributed by atoms with Crippen molar-refractivity contribution >= 4 is 21.8 Å². The van der Waals surface area contributed by atoms with Crippen molar-refractivity contribution in [1.29, 1.82) is 0 Å². The van der Waals surface area contributed by atoms with Crippen molar-refractivity contribution in [3.63, 3.8) is 0 Å². The molecule has 3 nitrogen and oxygen atoms in total. The minimum atomic E-state index is 0.0264. The largest absolute Gasteiger partial charge is 0.456 e. The van der Waals surface area contributed by atoms with Gasteiger partial charge in [-0.1, -0.05) is 29.8 Å². The molecule has 0 radical (unpaired) electrons. The van der Waals surface area contributed by atoms with E-state index in [4.69, 9.17) is 4.42 Å². The van der Waals surface area contributed by atoms with Crippen LogP contribution in [0.4, 0.5) is 0 Å². The second-order valence-corrected chi connectivity index (χ2v) is 5.25. The van der Waals surface area contributed by atoms with E-state index in [0.29, 0.717) is 11.7 Å². The van der Waals surface area contributed by atoms with Crippen LogP contribution in [0.2, 0.25) is 0 Å². The predicted octanol–water partition coefficient (Wildman–Crippen LogP) is 3.09. The number of hydrogen-bond donors (Lipinski definition) is 0. The smallest absolute Gasteiger partial charge is 0.289 e. The van der Waals surface area contributed by atoms with Crippen molar-refractivity contribution in [1.82, 2.24) is 4.90 Å². The highest BCUT2D eigenvalue weighted by Gasteiger charge is 2.35. The van der Waals surface area contributed by atoms with E-state index >= 15 is 0 Å². The summed E-state index contributed by atoms with van der Waals surface area (Å²) in [6.07, 6.45) is 1.90. The fourth-order valence-corrected chi connectivity index (χ4v) is 3.31. The van der Waals surface area contributed by atoms with Gasteiger partial charge in [0.1, 0.15) is 5.76 Å². The molecule has 0 N–H and O–H groups in total. The molecule has 1 aromatic heterocycles. The van der Waals surface area contributed by atoms with Crippen LogP contribution in [0.15, 0.2) is 16.5 Å². The minimum Gasteiger partial charge on any atom is -0.456 e. The summed E-state index contributed by atoms with van der Waals surface area (Å²) >= 11 is 3.49. The predicted molar refractivity (Wildman–Crippen MR) is 70.5 cm³/mol. The van der Waals surface area contributed by atoms with Crippen LogP contribution in [-0.2, 0) is 6.42 Å². The molecule has 1 saturated heterocycles. The number of carbonyl (C=O) groups excluding carboxylic acids is 1. The van der Waals surface area contributed by atoms with Crippen molar-refractivity contribution < 1.29 is 9.21 Å². The van der Waals surface area contributed by atoms with Gasteiger partial charge >= 0.3 is 0 Å². The topological polar surface area (TPSA) is 33.5 Å². The fraction of sp³-hybridized carbons (Fsp3) is 0.615. The lowest BCUT2D eigenvalue weighted by Crippen LogP contribution is -2.38. The number of amides is 1. The number of halogens is 1. The summed E-state index contributed by atoms with van der Waals surface area (Å²) in [6, 6.07) is 3.96. The highest BCUT2D eigenvalue weighted by atomic mass is 79.9. The Morgan fingerprint density at radius 3 is 2.94 bits per heavy atom. The van der Waals surface area contributed by atoms with E-state index in [9.17, 15) is 4.79 Å². The third-order valence-corrected chi connectivity index (χ3v) is 4.19. The maximum absolute atomic E-state index is 12.3. The highest BCUT2D eigenvalue weighted by molar-refractivity contribution is 9.09. The van der Waals surface area contributed by atoms with Crippen LogP contribution < -0.4 is 0 Å². The normalized spacial score (nSPS) is 24.3. The van der Waals surface area contributed by atoms with E-state index in [1.165, 1.54) is 0 Å². The van der Waals surface area contributed by atoms with E-state index in [0.717, 1.165) is 30.5 Å². The van der Waals surface area contributed by atoms with E-state index in [1.54, 1.807) is 6.07 Å². The molecule has 2 atom stereocenters. The molecule has 1 fully saturated rings. The Labute approximate surface area is 110 Å². The van der Waals surface area contributed by atoms with Gasteiger partial charge in [0.2, 0.25) is 0 Å². The molecule has 2 heterocycles. The molecule has 4 heteroatoms. The lowest BCUT2D eigenvalue weighted by atomic mass is 10.1. The summed E-state index contributed by atoms with van der Waals surface area (Å²) in [4.78, 5) is 14.2. The molecule has 1 aliphatic heterocycles. The molecule has 0 aliphatic carbocycles. The summed E-state index contributed by atoms with van der Waals surface area (Å²) in [5, 5.41) is 0.835. The van der Waals surface area contributed by atoms with Crippen molar-refractivity contribution in [3.05, 3.63) is 23.7 Å². The van der Waals surface area contributed by atoms with Crippen LogP contribution in [0, 0.1) is 5.92 Å². The highest BCUT2D eigenvalue weighted by Crippen LogP contribution is 2.27. The molecule has 1 aliphatic rings. The Morgan fingerprint density at radius 1 is 1.59 bits per heavy atom. The van der Waals surface area contributed by atoms with Gasteiger partial charge in [0.25, 0.3) is 5.91 Å². The Morgan fingerprint density at radius 2 is 2.35 bits per heavy atom. The second kappa shape index (κ2) is 5.25.